The van der Waals surface area contributed by atoms with Crippen LogP contribution in [0, 0.1) is 0 Å². The number of H-pyrrole nitrogens is 1. The number of rotatable bonds is 3. The van der Waals surface area contributed by atoms with E-state index in [1.54, 1.807) is 10.8 Å². The Kier molecular flexibility index (Phi) is 3.24. The van der Waals surface area contributed by atoms with Crippen molar-refractivity contribution in [2.45, 2.75) is 38.8 Å². The molecule has 1 aromatic heterocycles. The third kappa shape index (κ3) is 2.24. The third-order valence-corrected chi connectivity index (χ3v) is 3.05. The fourth-order valence-corrected chi connectivity index (χ4v) is 2.09. The van der Waals surface area contributed by atoms with E-state index in [9.17, 15) is 9.59 Å². The number of aryl methyl sites for hydroxylation is 1. The number of nitrogens with zero attached hydrogens (tertiary/aromatic N) is 1. The average Bonchev–Trinajstić information content (AvgIpc) is 2.75. The molecule has 0 spiro atoms. The van der Waals surface area contributed by atoms with Crippen molar-refractivity contribution in [1.82, 2.24) is 14.9 Å². The van der Waals surface area contributed by atoms with Gasteiger partial charge in [-0.3, -0.25) is 14.3 Å². The zero-order valence-corrected chi connectivity index (χ0v) is 9.45. The highest BCUT2D eigenvalue weighted by atomic mass is 16.2. The molecule has 1 fully saturated rings. The Bertz CT molecular complexity index is 469. The van der Waals surface area contributed by atoms with Crippen molar-refractivity contribution < 1.29 is 0 Å². The van der Waals surface area contributed by atoms with Crippen LogP contribution in [0.5, 0.6) is 0 Å². The van der Waals surface area contributed by atoms with Gasteiger partial charge in [0.1, 0.15) is 0 Å². The van der Waals surface area contributed by atoms with Crippen molar-refractivity contribution in [3.8, 4) is 0 Å². The highest BCUT2D eigenvalue weighted by molar-refractivity contribution is 5.04. The summed E-state index contributed by atoms with van der Waals surface area (Å²) >= 11 is 0. The molecule has 88 valence electrons. The number of aromatic nitrogens is 2. The monoisotopic (exact) mass is 223 g/mol. The summed E-state index contributed by atoms with van der Waals surface area (Å²) in [7, 11) is 0. The normalized spacial score (nSPS) is 20.2. The van der Waals surface area contributed by atoms with Crippen molar-refractivity contribution in [3.05, 3.63) is 32.6 Å². The quantitative estimate of drug-likeness (QED) is 0.749. The van der Waals surface area contributed by atoms with E-state index in [1.807, 2.05) is 6.92 Å². The first kappa shape index (κ1) is 11.1. The SMILES string of the molecule is CCc1cn(C[C@@H]2CCCN2)c(=O)[nH]c1=O. The second kappa shape index (κ2) is 4.65. The van der Waals surface area contributed by atoms with Gasteiger partial charge in [-0.15, -0.1) is 0 Å². The predicted octanol–water partition coefficient (Wildman–Crippen LogP) is -0.149. The largest absolute Gasteiger partial charge is 0.328 e. The maximum absolute atomic E-state index is 11.6. The van der Waals surface area contributed by atoms with E-state index in [0.29, 0.717) is 24.6 Å². The van der Waals surface area contributed by atoms with Crippen LogP contribution in [0.3, 0.4) is 0 Å². The van der Waals surface area contributed by atoms with Gasteiger partial charge in [-0.2, -0.15) is 0 Å². The smallest absolute Gasteiger partial charge is 0.312 e. The molecule has 0 aromatic carbocycles. The number of hydrogen-bond donors (Lipinski definition) is 2. The second-order valence-electron chi connectivity index (χ2n) is 4.21. The van der Waals surface area contributed by atoms with E-state index in [-0.39, 0.29) is 11.2 Å². The van der Waals surface area contributed by atoms with E-state index in [2.05, 4.69) is 10.3 Å². The molecule has 1 saturated heterocycles. The lowest BCUT2D eigenvalue weighted by Crippen LogP contribution is -2.37. The van der Waals surface area contributed by atoms with Gasteiger partial charge in [-0.05, 0) is 25.8 Å². The fraction of sp³-hybridized carbons (Fsp3) is 0.636. The Morgan fingerprint density at radius 3 is 2.94 bits per heavy atom. The van der Waals surface area contributed by atoms with Gasteiger partial charge < -0.3 is 5.32 Å². The van der Waals surface area contributed by atoms with Crippen molar-refractivity contribution in [2.75, 3.05) is 6.54 Å². The molecule has 0 aliphatic carbocycles. The highest BCUT2D eigenvalue weighted by Crippen LogP contribution is 2.06. The Hall–Kier alpha value is -1.36. The first-order valence-electron chi connectivity index (χ1n) is 5.76. The lowest BCUT2D eigenvalue weighted by Gasteiger charge is -2.12. The van der Waals surface area contributed by atoms with Crippen molar-refractivity contribution >= 4 is 0 Å². The van der Waals surface area contributed by atoms with E-state index in [0.717, 1.165) is 19.4 Å². The minimum atomic E-state index is -0.309. The van der Waals surface area contributed by atoms with Gasteiger partial charge in [0.25, 0.3) is 5.56 Å². The summed E-state index contributed by atoms with van der Waals surface area (Å²) in [5.41, 5.74) is 0.0941. The molecule has 1 aliphatic heterocycles. The minimum Gasteiger partial charge on any atom is -0.312 e. The molecule has 2 rings (SSSR count). The molecule has 1 aliphatic rings. The first-order chi connectivity index (χ1) is 7.70. The molecule has 5 nitrogen and oxygen atoms in total. The maximum Gasteiger partial charge on any atom is 0.328 e. The predicted molar refractivity (Wildman–Crippen MR) is 61.7 cm³/mol. The molecular formula is C11H17N3O2. The summed E-state index contributed by atoms with van der Waals surface area (Å²) in [4.78, 5) is 25.3. The maximum atomic E-state index is 11.6. The van der Waals surface area contributed by atoms with Crippen molar-refractivity contribution in [2.24, 2.45) is 0 Å². The molecule has 0 bridgehead atoms. The van der Waals surface area contributed by atoms with Crippen LogP contribution in [0.2, 0.25) is 0 Å². The molecule has 1 atom stereocenters. The summed E-state index contributed by atoms with van der Waals surface area (Å²) < 4.78 is 1.60. The van der Waals surface area contributed by atoms with Gasteiger partial charge in [-0.1, -0.05) is 6.92 Å². The molecule has 16 heavy (non-hydrogen) atoms. The molecule has 5 heteroatoms. The van der Waals surface area contributed by atoms with E-state index in [4.69, 9.17) is 0 Å². The molecule has 0 saturated carbocycles. The summed E-state index contributed by atoms with van der Waals surface area (Å²) in [6.45, 7) is 3.57. The van der Waals surface area contributed by atoms with E-state index in [1.165, 1.54) is 0 Å². The molecule has 0 radical (unpaired) electrons. The third-order valence-electron chi connectivity index (χ3n) is 3.05. The van der Waals surface area contributed by atoms with Crippen LogP contribution in [0.4, 0.5) is 0 Å². The van der Waals surface area contributed by atoms with Crippen LogP contribution in [0.1, 0.15) is 25.3 Å². The zero-order chi connectivity index (χ0) is 11.5. The van der Waals surface area contributed by atoms with E-state index >= 15 is 0 Å². The lowest BCUT2D eigenvalue weighted by atomic mass is 10.2. The van der Waals surface area contributed by atoms with Gasteiger partial charge in [0.05, 0.1) is 0 Å². The fourth-order valence-electron chi connectivity index (χ4n) is 2.09. The lowest BCUT2D eigenvalue weighted by molar-refractivity contribution is 0.490. The van der Waals surface area contributed by atoms with E-state index < -0.39 is 0 Å². The zero-order valence-electron chi connectivity index (χ0n) is 9.45. The Morgan fingerprint density at radius 2 is 2.31 bits per heavy atom. The summed E-state index contributed by atoms with van der Waals surface area (Å²) in [5.74, 6) is 0. The first-order valence-corrected chi connectivity index (χ1v) is 5.76. The Labute approximate surface area is 93.5 Å². The van der Waals surface area contributed by atoms with Crippen LogP contribution in [0.15, 0.2) is 15.8 Å². The van der Waals surface area contributed by atoms with Crippen LogP contribution in [-0.4, -0.2) is 22.1 Å². The van der Waals surface area contributed by atoms with Crippen LogP contribution in [-0.2, 0) is 13.0 Å². The van der Waals surface area contributed by atoms with Gasteiger partial charge in [0, 0.05) is 24.3 Å². The average molecular weight is 223 g/mol. The Morgan fingerprint density at radius 1 is 1.50 bits per heavy atom. The standard InChI is InChI=1S/C11H17N3O2/c1-2-8-6-14(11(16)13-10(8)15)7-9-4-3-5-12-9/h6,9,12H,2-5,7H2,1H3,(H,13,15,16)/t9-/m0/s1. The van der Waals surface area contributed by atoms with Crippen LogP contribution in [0.25, 0.3) is 0 Å². The number of aromatic amines is 1. The highest BCUT2D eigenvalue weighted by Gasteiger charge is 2.15. The topological polar surface area (TPSA) is 66.9 Å². The number of hydrogen-bond acceptors (Lipinski definition) is 3. The Balaban J connectivity index is 2.25. The van der Waals surface area contributed by atoms with Crippen LogP contribution < -0.4 is 16.6 Å². The number of nitrogens with one attached hydrogen (secondary N) is 2. The van der Waals surface area contributed by atoms with Gasteiger partial charge in [-0.25, -0.2) is 4.79 Å². The van der Waals surface area contributed by atoms with Crippen molar-refractivity contribution in [3.63, 3.8) is 0 Å². The summed E-state index contributed by atoms with van der Waals surface area (Å²) in [5, 5.41) is 3.33. The molecule has 2 N–H and O–H groups in total. The van der Waals surface area contributed by atoms with Gasteiger partial charge in [0.2, 0.25) is 0 Å². The summed E-state index contributed by atoms with van der Waals surface area (Å²) in [6.07, 6.45) is 4.57. The minimum absolute atomic E-state index is 0.261. The molecule has 0 unspecified atom stereocenters. The van der Waals surface area contributed by atoms with Crippen LogP contribution >= 0.6 is 0 Å². The second-order valence-corrected chi connectivity index (χ2v) is 4.21. The molecule has 0 amide bonds. The molecular weight excluding hydrogens is 206 g/mol. The summed E-state index contributed by atoms with van der Waals surface area (Å²) in [6, 6.07) is 0.355. The van der Waals surface area contributed by atoms with Gasteiger partial charge in [0.15, 0.2) is 0 Å². The van der Waals surface area contributed by atoms with Crippen molar-refractivity contribution in [1.29, 1.82) is 0 Å². The van der Waals surface area contributed by atoms with Gasteiger partial charge >= 0.3 is 5.69 Å². The molecule has 1 aromatic rings. The molecule has 2 heterocycles.